The van der Waals surface area contributed by atoms with E-state index >= 15 is 0 Å². The minimum absolute atomic E-state index is 0.0224. The van der Waals surface area contributed by atoms with E-state index in [1.54, 1.807) is 32.9 Å². The number of nitrogens with one attached hydrogen (secondary N) is 2. The molecule has 0 aliphatic carbocycles. The second-order valence-electron chi connectivity index (χ2n) is 8.76. The summed E-state index contributed by atoms with van der Waals surface area (Å²) in [5.41, 5.74) is 0.0935. The van der Waals surface area contributed by atoms with Crippen molar-refractivity contribution in [3.05, 3.63) is 34.9 Å². The molecular formula is C22H26N4O7. The molecule has 1 aromatic carbocycles. The van der Waals surface area contributed by atoms with Gasteiger partial charge in [0.05, 0.1) is 23.3 Å². The molecule has 1 aromatic rings. The smallest absolute Gasteiger partial charge is 0.262 e. The fraction of sp³-hybridized carbons (Fsp3) is 0.455. The first-order valence-corrected chi connectivity index (χ1v) is 10.5. The molecule has 0 aromatic heterocycles. The maximum atomic E-state index is 13.1. The van der Waals surface area contributed by atoms with Crippen LogP contribution in [0.15, 0.2) is 18.2 Å². The van der Waals surface area contributed by atoms with Crippen LogP contribution < -0.4 is 10.6 Å². The normalized spacial score (nSPS) is 18.2. The third-order valence-corrected chi connectivity index (χ3v) is 5.10. The Hall–Kier alpha value is -3.60. The van der Waals surface area contributed by atoms with Crippen molar-refractivity contribution in [3.63, 3.8) is 0 Å². The molecule has 1 fully saturated rings. The third kappa shape index (κ3) is 5.43. The fourth-order valence-electron chi connectivity index (χ4n) is 3.70. The number of nitrogens with zero attached hydrogens (tertiary/aromatic N) is 2. The summed E-state index contributed by atoms with van der Waals surface area (Å²) >= 11 is 0. The van der Waals surface area contributed by atoms with Gasteiger partial charge < -0.3 is 5.32 Å². The van der Waals surface area contributed by atoms with Gasteiger partial charge in [0, 0.05) is 19.4 Å². The quantitative estimate of drug-likeness (QED) is 0.324. The van der Waals surface area contributed by atoms with Gasteiger partial charge in [-0.2, -0.15) is 0 Å². The first kappa shape index (κ1) is 24.1. The molecule has 1 atom stereocenters. The van der Waals surface area contributed by atoms with Crippen LogP contribution >= 0.6 is 0 Å². The third-order valence-electron chi connectivity index (χ3n) is 5.10. The zero-order chi connectivity index (χ0) is 24.3. The van der Waals surface area contributed by atoms with Crippen LogP contribution in [-0.2, 0) is 30.6 Å². The number of hydrogen-bond donors (Lipinski definition) is 2. The van der Waals surface area contributed by atoms with E-state index in [1.807, 2.05) is 0 Å². The molecule has 1 unspecified atom stereocenters. The summed E-state index contributed by atoms with van der Waals surface area (Å²) in [7, 11) is 0. The van der Waals surface area contributed by atoms with Crippen LogP contribution in [-0.4, -0.2) is 64.1 Å². The summed E-state index contributed by atoms with van der Waals surface area (Å²) in [6.45, 7) is 5.34. The highest BCUT2D eigenvalue weighted by Gasteiger charge is 2.45. The molecule has 11 heteroatoms. The van der Waals surface area contributed by atoms with Gasteiger partial charge in [0.1, 0.15) is 6.04 Å². The summed E-state index contributed by atoms with van der Waals surface area (Å²) in [6.07, 6.45) is 0.561. The van der Waals surface area contributed by atoms with Crippen LogP contribution in [0.5, 0.6) is 0 Å². The Kier molecular flexibility index (Phi) is 6.92. The van der Waals surface area contributed by atoms with Crippen molar-refractivity contribution >= 4 is 35.9 Å². The average Bonchev–Trinajstić information content (AvgIpc) is 3.00. The van der Waals surface area contributed by atoms with Crippen molar-refractivity contribution in [1.29, 1.82) is 0 Å². The lowest BCUT2D eigenvalue weighted by molar-refractivity contribution is -0.216. The Morgan fingerprint density at radius 2 is 1.97 bits per heavy atom. The number of carbonyl (C=O) groups is 6. The zero-order valence-corrected chi connectivity index (χ0v) is 18.7. The number of hydrogen-bond acceptors (Lipinski definition) is 7. The summed E-state index contributed by atoms with van der Waals surface area (Å²) < 4.78 is 0. The molecule has 2 N–H and O–H groups in total. The van der Waals surface area contributed by atoms with Gasteiger partial charge in [-0.05, 0) is 38.8 Å². The number of hydroxylamine groups is 2. The molecule has 2 heterocycles. The molecule has 176 valence electrons. The summed E-state index contributed by atoms with van der Waals surface area (Å²) in [5.74, 6) is -2.76. The van der Waals surface area contributed by atoms with Crippen molar-refractivity contribution in [2.45, 2.75) is 58.2 Å². The fourth-order valence-corrected chi connectivity index (χ4v) is 3.70. The lowest BCUT2D eigenvalue weighted by Crippen LogP contribution is -2.54. The Labute approximate surface area is 190 Å². The molecule has 1 saturated heterocycles. The topological polar surface area (TPSA) is 142 Å². The molecule has 0 saturated carbocycles. The maximum Gasteiger partial charge on any atom is 0.262 e. The summed E-state index contributed by atoms with van der Waals surface area (Å²) in [6, 6.07) is 3.62. The second-order valence-corrected chi connectivity index (χ2v) is 8.76. The number of carbonyl (C=O) groups excluding carboxylic acids is 6. The van der Waals surface area contributed by atoms with Gasteiger partial charge in [0.25, 0.3) is 11.8 Å². The van der Waals surface area contributed by atoms with E-state index in [2.05, 4.69) is 10.6 Å². The largest absolute Gasteiger partial charge is 0.352 e. The Morgan fingerprint density at radius 1 is 1.24 bits per heavy atom. The molecule has 33 heavy (non-hydrogen) atoms. The van der Waals surface area contributed by atoms with Crippen LogP contribution in [0.4, 0.5) is 0 Å². The highest BCUT2D eigenvalue weighted by atomic mass is 16.7. The molecule has 11 nitrogen and oxygen atoms in total. The lowest BCUT2D eigenvalue weighted by atomic mass is 10.0. The van der Waals surface area contributed by atoms with E-state index in [-0.39, 0.29) is 49.4 Å². The van der Waals surface area contributed by atoms with E-state index < -0.39 is 35.3 Å². The highest BCUT2D eigenvalue weighted by Crippen LogP contribution is 2.29. The van der Waals surface area contributed by atoms with E-state index in [0.717, 1.165) is 9.96 Å². The molecule has 3 rings (SSSR count). The number of imide groups is 2. The number of piperidine rings is 1. The Morgan fingerprint density at radius 3 is 2.61 bits per heavy atom. The number of benzene rings is 1. The monoisotopic (exact) mass is 458 g/mol. The maximum absolute atomic E-state index is 13.1. The molecule has 6 amide bonds. The molecular weight excluding hydrogens is 432 g/mol. The predicted molar refractivity (Wildman–Crippen MR) is 113 cm³/mol. The molecule has 0 bridgehead atoms. The predicted octanol–water partition coefficient (Wildman–Crippen LogP) is 0.283. The number of rotatable bonds is 8. The second kappa shape index (κ2) is 9.49. The van der Waals surface area contributed by atoms with Gasteiger partial charge in [-0.1, -0.05) is 12.1 Å². The van der Waals surface area contributed by atoms with Crippen LogP contribution in [0.25, 0.3) is 0 Å². The van der Waals surface area contributed by atoms with Crippen molar-refractivity contribution in [1.82, 2.24) is 20.6 Å². The highest BCUT2D eigenvalue weighted by molar-refractivity contribution is 6.24. The lowest BCUT2D eigenvalue weighted by Gasteiger charge is -2.27. The van der Waals surface area contributed by atoms with Gasteiger partial charge >= 0.3 is 0 Å². The summed E-state index contributed by atoms with van der Waals surface area (Å²) in [4.78, 5) is 79.2. The van der Waals surface area contributed by atoms with E-state index in [9.17, 15) is 28.8 Å². The van der Waals surface area contributed by atoms with Crippen LogP contribution in [0.3, 0.4) is 0 Å². The van der Waals surface area contributed by atoms with Crippen molar-refractivity contribution in [2.75, 3.05) is 6.54 Å². The van der Waals surface area contributed by atoms with Crippen LogP contribution in [0.2, 0.25) is 0 Å². The molecule has 0 radical (unpaired) electrons. The van der Waals surface area contributed by atoms with Gasteiger partial charge in [-0.25, -0.2) is 5.06 Å². The Bertz CT molecular complexity index is 1010. The minimum Gasteiger partial charge on any atom is -0.352 e. The Balaban J connectivity index is 1.66. The average molecular weight is 458 g/mol. The molecule has 2 aliphatic rings. The van der Waals surface area contributed by atoms with Crippen molar-refractivity contribution in [2.24, 2.45) is 0 Å². The number of amides is 6. The van der Waals surface area contributed by atoms with Crippen molar-refractivity contribution < 1.29 is 33.6 Å². The van der Waals surface area contributed by atoms with E-state index in [0.29, 0.717) is 12.0 Å². The number of fused-ring (bicyclic) bond motifs is 1. The van der Waals surface area contributed by atoms with Crippen LogP contribution in [0.1, 0.15) is 66.3 Å². The molecule has 0 spiro atoms. The van der Waals surface area contributed by atoms with E-state index in [4.69, 9.17) is 4.84 Å². The first-order chi connectivity index (χ1) is 15.5. The molecule has 2 aliphatic heterocycles. The standard InChI is InChI=1S/C22H26N4O7/c1-22(2,3)33-25(12-27)10-9-16(28)23-11-13-5-4-6-14-18(13)21(32)26(20(14)31)15-7-8-17(29)24-19(15)30/h4-6,12,15H,7-11H2,1-3H3,(H,23,28)(H,24,29,30). The van der Waals surface area contributed by atoms with Gasteiger partial charge in [0.15, 0.2) is 0 Å². The first-order valence-electron chi connectivity index (χ1n) is 10.5. The summed E-state index contributed by atoms with van der Waals surface area (Å²) in [5, 5.41) is 5.86. The van der Waals surface area contributed by atoms with Gasteiger partial charge in [0.2, 0.25) is 24.1 Å². The van der Waals surface area contributed by atoms with Gasteiger partial charge in [-0.15, -0.1) is 0 Å². The van der Waals surface area contributed by atoms with Gasteiger partial charge in [-0.3, -0.25) is 43.8 Å². The SMILES string of the molecule is CC(C)(C)ON(C=O)CCC(=O)NCc1cccc2c1C(=O)N(C1CCC(=O)NC1=O)C2=O. The zero-order valence-electron chi connectivity index (χ0n) is 18.7. The van der Waals surface area contributed by atoms with E-state index in [1.165, 1.54) is 6.07 Å². The minimum atomic E-state index is -1.06. The van der Waals surface area contributed by atoms with Crippen molar-refractivity contribution in [3.8, 4) is 0 Å². The van der Waals surface area contributed by atoms with Crippen LogP contribution in [0, 0.1) is 0 Å².